The predicted octanol–water partition coefficient (Wildman–Crippen LogP) is -1.84. The lowest BCUT2D eigenvalue weighted by Crippen LogP contribution is -2.79. The van der Waals surface area contributed by atoms with Crippen LogP contribution >= 0.6 is 0 Å². The topological polar surface area (TPSA) is 402 Å². The van der Waals surface area contributed by atoms with Crippen molar-refractivity contribution >= 4 is 41.1 Å². The summed E-state index contributed by atoms with van der Waals surface area (Å²) in [5, 5.41) is 120. The van der Waals surface area contributed by atoms with Crippen molar-refractivity contribution in [3.05, 3.63) is 92.5 Å². The summed E-state index contributed by atoms with van der Waals surface area (Å²) < 4.78 is 47.3. The van der Waals surface area contributed by atoms with E-state index in [1.807, 2.05) is 10.2 Å². The number of rotatable bonds is 12. The highest BCUT2D eigenvalue weighted by Gasteiger charge is 2.67. The maximum Gasteiger partial charge on any atom is 0.303 e. The highest BCUT2D eigenvalue weighted by Crippen LogP contribution is 2.46. The van der Waals surface area contributed by atoms with Gasteiger partial charge in [0.2, 0.25) is 23.1 Å². The molecule has 6 aliphatic rings. The summed E-state index contributed by atoms with van der Waals surface area (Å²) in [5.41, 5.74) is -2.65. The lowest BCUT2D eigenvalue weighted by atomic mass is 9.90. The number of morpholine rings is 2. The molecule has 0 aliphatic carbocycles. The summed E-state index contributed by atoms with van der Waals surface area (Å²) in [7, 11) is 0. The molecule has 0 spiro atoms. The Morgan fingerprint density at radius 3 is 1.75 bits per heavy atom. The number of carbonyl (C=O) groups excluding carboxylic acids is 6. The van der Waals surface area contributed by atoms with Crippen LogP contribution in [0, 0.1) is 11.6 Å². The number of amides is 6. The Balaban J connectivity index is 0.000000192. The maximum absolute atomic E-state index is 15.5. The first-order valence-electron chi connectivity index (χ1n) is 24.4. The van der Waals surface area contributed by atoms with Crippen molar-refractivity contribution in [1.29, 1.82) is 0 Å². The summed E-state index contributed by atoms with van der Waals surface area (Å²) in [6.45, 7) is 1.77. The number of hydrogen-bond acceptors (Lipinski definition) is 23. The van der Waals surface area contributed by atoms with E-state index in [0.717, 1.165) is 4.90 Å². The van der Waals surface area contributed by atoms with Crippen LogP contribution < -0.4 is 20.7 Å². The number of nitrogens with one attached hydrogen (secondary N) is 3. The van der Waals surface area contributed by atoms with Crippen LogP contribution in [0.5, 0.6) is 40.2 Å². The molecule has 27 nitrogen and oxygen atoms in total. The molecule has 79 heavy (non-hydrogen) atoms. The Kier molecular flexibility index (Phi) is 15.1. The van der Waals surface area contributed by atoms with Gasteiger partial charge in [0, 0.05) is 104 Å². The number of phenols is 6. The van der Waals surface area contributed by atoms with E-state index in [1.54, 1.807) is 10.2 Å². The number of fused-ring (bicyclic) bond motifs is 2. The quantitative estimate of drug-likeness (QED) is 0.0421. The monoisotopic (exact) mass is 1110 g/mol. The molecule has 4 saturated heterocycles. The van der Waals surface area contributed by atoms with Gasteiger partial charge in [0.25, 0.3) is 35.3 Å². The first kappa shape index (κ1) is 55.7. The number of aliphatic hydroxyl groups is 5. The number of anilines is 1. The van der Waals surface area contributed by atoms with Gasteiger partial charge in [0.15, 0.2) is 29.0 Å². The first-order chi connectivity index (χ1) is 37.4. The highest BCUT2D eigenvalue weighted by atomic mass is 19.1. The van der Waals surface area contributed by atoms with Gasteiger partial charge in [-0.1, -0.05) is 12.1 Å². The van der Waals surface area contributed by atoms with E-state index in [1.165, 1.54) is 36.4 Å². The molecule has 422 valence electrons. The van der Waals surface area contributed by atoms with Crippen LogP contribution in [0.25, 0.3) is 0 Å². The van der Waals surface area contributed by atoms with Crippen molar-refractivity contribution in [3.63, 3.8) is 0 Å². The van der Waals surface area contributed by atoms with Crippen LogP contribution in [0.1, 0.15) is 66.9 Å². The fraction of sp³-hybridized carbons (Fsp3) is 0.400. The molecule has 4 aromatic rings. The van der Waals surface area contributed by atoms with Crippen molar-refractivity contribution in [2.45, 2.75) is 75.5 Å². The van der Waals surface area contributed by atoms with Gasteiger partial charge in [-0.15, -0.1) is 0 Å². The van der Waals surface area contributed by atoms with E-state index in [-0.39, 0.29) is 77.3 Å². The number of piperidine rings is 2. The van der Waals surface area contributed by atoms with Crippen molar-refractivity contribution in [2.24, 2.45) is 0 Å². The molecule has 0 bridgehead atoms. The van der Waals surface area contributed by atoms with E-state index >= 15 is 8.78 Å². The Bertz CT molecular complexity index is 3190. The molecule has 2 atom stereocenters. The minimum atomic E-state index is -3.82. The summed E-state index contributed by atoms with van der Waals surface area (Å²) >= 11 is 0. The van der Waals surface area contributed by atoms with Gasteiger partial charge >= 0.3 is 5.79 Å². The van der Waals surface area contributed by atoms with Gasteiger partial charge in [0.1, 0.15) is 24.0 Å². The van der Waals surface area contributed by atoms with Crippen LogP contribution in [-0.2, 0) is 68.0 Å². The fourth-order valence-corrected chi connectivity index (χ4v) is 10.0. The minimum Gasteiger partial charge on any atom is -0.504 e. The number of halogens is 2. The molecule has 29 heteroatoms. The molecule has 0 aromatic heterocycles. The Morgan fingerprint density at radius 1 is 0.633 bits per heavy atom. The van der Waals surface area contributed by atoms with E-state index in [2.05, 4.69) is 5.32 Å². The zero-order valence-electron chi connectivity index (χ0n) is 41.5. The SMILES string of the molecule is O=C1CCC(O)(N2Cc3c(OCc4c(O)c(O)c(O)c(CN5CCOCC5)c4F)cccc3C2=O)C(=O)N1.O=C1NC(=O)C(O)(O)C(O)(O)C1N1Cc2c(NCc3c(O)c(O)c(O)c(CN4CCOCC4)c3F)cccc2C1=O. The zero-order chi connectivity index (χ0) is 57.0. The molecule has 4 aromatic carbocycles. The highest BCUT2D eigenvalue weighted by molar-refractivity contribution is 6.09. The average molecular weight is 1110 g/mol. The first-order valence-corrected chi connectivity index (χ1v) is 24.4. The van der Waals surface area contributed by atoms with Crippen LogP contribution in [0.4, 0.5) is 14.5 Å². The second-order valence-corrected chi connectivity index (χ2v) is 19.3. The fourth-order valence-electron chi connectivity index (χ4n) is 10.0. The number of aromatic hydroxyl groups is 6. The Morgan fingerprint density at radius 2 is 1.16 bits per heavy atom. The number of imide groups is 2. The molecular weight excluding hydrogens is 1060 g/mol. The molecule has 6 amide bonds. The second kappa shape index (κ2) is 21.3. The van der Waals surface area contributed by atoms with Gasteiger partial charge < -0.3 is 80.6 Å². The van der Waals surface area contributed by atoms with E-state index < -0.39 is 130 Å². The van der Waals surface area contributed by atoms with Gasteiger partial charge in [-0.25, -0.2) is 8.78 Å². The standard InChI is InChI=1S/C25H27FN4O11.C25H26FN3O9/c26-16-12(17(31)19(33)18(32)14(16)9-29-4-6-41-7-5-29)8-27-15-3-1-2-11-13(15)10-30(22(11)35)20-21(34)28-23(36)25(39,40)24(20,37)38;26-19-15(10-28-6-8-37-9-7-28)20(31)22(33)21(32)16(19)12-38-17-3-1-2-13-14(17)11-29(23(13)34)25(36)5-4-18(30)27-24(25)35/h1-3,20,27,31-33,37-40H,4-10H2,(H,28,34,36);1-3,31-33,36H,4-12H2,(H,27,30,35). The largest absolute Gasteiger partial charge is 0.504 e. The maximum atomic E-state index is 15.5. The number of benzene rings is 4. The van der Waals surface area contributed by atoms with Crippen LogP contribution in [0.2, 0.25) is 0 Å². The van der Waals surface area contributed by atoms with Crippen molar-refractivity contribution in [1.82, 2.24) is 30.2 Å². The Labute approximate surface area is 444 Å². The third-order valence-corrected chi connectivity index (χ3v) is 14.6. The van der Waals surface area contributed by atoms with E-state index in [4.69, 9.17) is 14.2 Å². The summed E-state index contributed by atoms with van der Waals surface area (Å²) in [5.74, 6) is -20.8. The van der Waals surface area contributed by atoms with E-state index in [0.29, 0.717) is 63.1 Å². The summed E-state index contributed by atoms with van der Waals surface area (Å²) in [6.07, 6.45) is -0.424. The Hall–Kier alpha value is -8.00. The molecule has 6 heterocycles. The number of hydrogen-bond donors (Lipinski definition) is 14. The lowest BCUT2D eigenvalue weighted by Gasteiger charge is -2.44. The smallest absolute Gasteiger partial charge is 0.303 e. The zero-order valence-corrected chi connectivity index (χ0v) is 41.5. The third kappa shape index (κ3) is 9.88. The second-order valence-electron chi connectivity index (χ2n) is 19.3. The molecule has 2 unspecified atom stereocenters. The predicted molar refractivity (Wildman–Crippen MR) is 258 cm³/mol. The number of nitrogens with zero attached hydrogens (tertiary/aromatic N) is 4. The lowest BCUT2D eigenvalue weighted by molar-refractivity contribution is -0.355. The summed E-state index contributed by atoms with van der Waals surface area (Å²) in [4.78, 5) is 79.5. The van der Waals surface area contributed by atoms with Crippen LogP contribution in [0.3, 0.4) is 0 Å². The van der Waals surface area contributed by atoms with Crippen molar-refractivity contribution in [2.75, 3.05) is 57.9 Å². The normalized spacial score (nSPS) is 22.0. The molecular formula is C50H53F2N7O20. The summed E-state index contributed by atoms with van der Waals surface area (Å²) in [6, 6.07) is 6.41. The number of phenolic OH excluding ortho intramolecular Hbond substituents is 6. The molecule has 10 rings (SSSR count). The number of ether oxygens (including phenoxy) is 3. The van der Waals surface area contributed by atoms with Crippen LogP contribution in [0.15, 0.2) is 36.4 Å². The molecule has 4 fully saturated rings. The van der Waals surface area contributed by atoms with Crippen molar-refractivity contribution < 1.29 is 108 Å². The van der Waals surface area contributed by atoms with Gasteiger partial charge in [0.05, 0.1) is 44.1 Å². The van der Waals surface area contributed by atoms with Gasteiger partial charge in [-0.2, -0.15) is 0 Å². The minimum absolute atomic E-state index is 0.0248. The van der Waals surface area contributed by atoms with Crippen molar-refractivity contribution in [3.8, 4) is 40.2 Å². The molecule has 14 N–H and O–H groups in total. The average Bonchev–Trinajstić information content (AvgIpc) is 4.22. The number of carbonyl (C=O) groups is 6. The van der Waals surface area contributed by atoms with Crippen LogP contribution in [-0.4, -0.2) is 187 Å². The van der Waals surface area contributed by atoms with Gasteiger partial charge in [-0.3, -0.25) is 54.1 Å². The molecule has 0 radical (unpaired) electrons. The molecule has 6 aliphatic heterocycles. The van der Waals surface area contributed by atoms with Gasteiger partial charge in [-0.05, 0) is 24.3 Å². The van der Waals surface area contributed by atoms with E-state index in [9.17, 15) is 84.9 Å². The molecule has 0 saturated carbocycles. The third-order valence-electron chi connectivity index (χ3n) is 14.6.